The highest BCUT2D eigenvalue weighted by molar-refractivity contribution is 7.89. The number of nitrogens with one attached hydrogen (secondary N) is 3. The van der Waals surface area contributed by atoms with Gasteiger partial charge < -0.3 is 9.97 Å². The lowest BCUT2D eigenvalue weighted by atomic mass is 10.2. The molecule has 0 aliphatic heterocycles. The molecule has 3 heterocycles. The van der Waals surface area contributed by atoms with Crippen molar-refractivity contribution >= 4 is 21.1 Å². The Morgan fingerprint density at radius 3 is 2.54 bits per heavy atom. The summed E-state index contributed by atoms with van der Waals surface area (Å²) >= 11 is 0. The zero-order valence-electron chi connectivity index (χ0n) is 14.3. The number of H-pyrrole nitrogens is 2. The molecule has 0 saturated carbocycles. The summed E-state index contributed by atoms with van der Waals surface area (Å²) in [6.45, 7) is 0.0410. The second-order valence-electron chi connectivity index (χ2n) is 5.91. The highest BCUT2D eigenvalue weighted by atomic mass is 32.2. The van der Waals surface area contributed by atoms with E-state index in [1.807, 2.05) is 0 Å². The summed E-state index contributed by atoms with van der Waals surface area (Å²) in [5.41, 5.74) is -0.397. The number of sulfonamides is 1. The Kier molecular flexibility index (Phi) is 4.37. The second-order valence-corrected chi connectivity index (χ2v) is 7.68. The first-order valence-corrected chi connectivity index (χ1v) is 9.62. The topological polar surface area (TPSA) is 143 Å². The maximum atomic E-state index is 12.6. The molecule has 4 rings (SSSR count). The van der Waals surface area contributed by atoms with E-state index < -0.39 is 21.1 Å². The Hall–Kier alpha value is -3.57. The van der Waals surface area contributed by atoms with Gasteiger partial charge in [0.05, 0.1) is 15.9 Å². The van der Waals surface area contributed by atoms with E-state index in [9.17, 15) is 18.0 Å². The van der Waals surface area contributed by atoms with Crippen molar-refractivity contribution < 1.29 is 8.42 Å². The van der Waals surface area contributed by atoms with Crippen LogP contribution in [0, 0.1) is 0 Å². The molecule has 142 valence electrons. The average Bonchev–Trinajstić information content (AvgIpc) is 3.22. The van der Waals surface area contributed by atoms with Crippen molar-refractivity contribution in [3.8, 4) is 5.82 Å². The fraction of sp³-hybridized carbons (Fsp3) is 0.0588. The van der Waals surface area contributed by atoms with Gasteiger partial charge in [-0.2, -0.15) is 5.10 Å². The molecule has 0 amide bonds. The van der Waals surface area contributed by atoms with Gasteiger partial charge in [-0.25, -0.2) is 22.8 Å². The Morgan fingerprint density at radius 2 is 1.79 bits per heavy atom. The smallest absolute Gasteiger partial charge is 0.314 e. The zero-order chi connectivity index (χ0) is 19.7. The van der Waals surface area contributed by atoms with E-state index in [1.54, 1.807) is 41.5 Å². The summed E-state index contributed by atoms with van der Waals surface area (Å²) in [6.07, 6.45) is 4.92. The summed E-state index contributed by atoms with van der Waals surface area (Å²) in [6, 6.07) is 9.23. The third-order valence-corrected chi connectivity index (χ3v) is 5.42. The van der Waals surface area contributed by atoms with Crippen LogP contribution < -0.4 is 15.8 Å². The number of fused-ring (bicyclic) bond motifs is 1. The third-order valence-electron chi connectivity index (χ3n) is 4.02. The van der Waals surface area contributed by atoms with Crippen molar-refractivity contribution in [3.63, 3.8) is 0 Å². The van der Waals surface area contributed by atoms with Crippen LogP contribution in [-0.2, 0) is 16.6 Å². The van der Waals surface area contributed by atoms with Gasteiger partial charge >= 0.3 is 11.1 Å². The number of pyridine rings is 1. The Labute approximate surface area is 157 Å². The Bertz CT molecular complexity index is 1370. The summed E-state index contributed by atoms with van der Waals surface area (Å²) in [7, 11) is -3.85. The van der Waals surface area contributed by atoms with E-state index in [0.717, 1.165) is 0 Å². The third kappa shape index (κ3) is 3.48. The molecule has 0 saturated heterocycles. The molecule has 3 aromatic heterocycles. The van der Waals surface area contributed by atoms with Crippen LogP contribution >= 0.6 is 0 Å². The molecule has 10 nitrogen and oxygen atoms in total. The van der Waals surface area contributed by atoms with Gasteiger partial charge in [0.25, 0.3) is 0 Å². The summed E-state index contributed by atoms with van der Waals surface area (Å²) in [5, 5.41) is 4.09. The van der Waals surface area contributed by atoms with Crippen molar-refractivity contribution in [2.75, 3.05) is 0 Å². The molecule has 0 radical (unpaired) electrons. The molecule has 11 heteroatoms. The molecule has 28 heavy (non-hydrogen) atoms. The molecule has 0 aliphatic carbocycles. The van der Waals surface area contributed by atoms with Crippen molar-refractivity contribution in [3.05, 3.63) is 81.3 Å². The van der Waals surface area contributed by atoms with E-state index in [1.165, 1.54) is 18.2 Å². The minimum absolute atomic E-state index is 0.0379. The fourth-order valence-corrected chi connectivity index (χ4v) is 3.67. The second kappa shape index (κ2) is 6.87. The lowest BCUT2D eigenvalue weighted by Gasteiger charge is -2.09. The molecule has 0 aliphatic rings. The SMILES string of the molecule is O=c1[nH]c2ccc(S(=O)(=O)NCc3ccnc(-n4cccn4)c3)cc2[nH]c1=O. The number of benzene rings is 1. The van der Waals surface area contributed by atoms with Gasteiger partial charge in [0, 0.05) is 25.1 Å². The predicted molar refractivity (Wildman–Crippen MR) is 101 cm³/mol. The van der Waals surface area contributed by atoms with Crippen molar-refractivity contribution in [1.29, 1.82) is 0 Å². The molecule has 4 aromatic rings. The van der Waals surface area contributed by atoms with E-state index >= 15 is 0 Å². The van der Waals surface area contributed by atoms with Crippen LogP contribution in [-0.4, -0.2) is 33.2 Å². The van der Waals surface area contributed by atoms with Crippen LogP contribution in [0.15, 0.2) is 69.5 Å². The maximum Gasteiger partial charge on any atom is 0.314 e. The minimum atomic E-state index is -3.85. The average molecular weight is 398 g/mol. The monoisotopic (exact) mass is 398 g/mol. The van der Waals surface area contributed by atoms with E-state index in [-0.39, 0.29) is 17.0 Å². The maximum absolute atomic E-state index is 12.6. The zero-order valence-corrected chi connectivity index (χ0v) is 15.1. The standard InChI is InChI=1S/C17H14N6O4S/c24-16-17(25)22-14-9-12(2-3-13(14)21-16)28(26,27)20-10-11-4-6-18-15(8-11)23-7-1-5-19-23/h1-9,20H,10H2,(H,21,24)(H,22,25). The van der Waals surface area contributed by atoms with Crippen molar-refractivity contribution in [2.24, 2.45) is 0 Å². The molecule has 1 aromatic carbocycles. The number of nitrogens with zero attached hydrogens (tertiary/aromatic N) is 3. The molecule has 0 atom stereocenters. The van der Waals surface area contributed by atoms with Gasteiger partial charge in [0.15, 0.2) is 5.82 Å². The van der Waals surface area contributed by atoms with Crippen molar-refractivity contribution in [1.82, 2.24) is 29.5 Å². The molecular weight excluding hydrogens is 384 g/mol. The molecule has 0 bridgehead atoms. The van der Waals surface area contributed by atoms with E-state index in [0.29, 0.717) is 16.9 Å². The first-order chi connectivity index (χ1) is 13.4. The van der Waals surface area contributed by atoms with Gasteiger partial charge in [0.2, 0.25) is 10.0 Å². The summed E-state index contributed by atoms with van der Waals surface area (Å²) in [4.78, 5) is 31.7. The van der Waals surface area contributed by atoms with Crippen LogP contribution in [0.3, 0.4) is 0 Å². The number of aromatic nitrogens is 5. The number of aromatic amines is 2. The quantitative estimate of drug-likeness (QED) is 0.412. The van der Waals surface area contributed by atoms with Crippen LogP contribution in [0.25, 0.3) is 16.9 Å². The van der Waals surface area contributed by atoms with E-state index in [2.05, 4.69) is 24.8 Å². The van der Waals surface area contributed by atoms with Crippen LogP contribution in [0.4, 0.5) is 0 Å². The van der Waals surface area contributed by atoms with Gasteiger partial charge in [-0.15, -0.1) is 0 Å². The highest BCUT2D eigenvalue weighted by Crippen LogP contribution is 2.15. The summed E-state index contributed by atoms with van der Waals surface area (Å²) in [5.74, 6) is 0.564. The van der Waals surface area contributed by atoms with Gasteiger partial charge in [0.1, 0.15) is 0 Å². The highest BCUT2D eigenvalue weighted by Gasteiger charge is 2.15. The molecule has 0 spiro atoms. The first-order valence-electron chi connectivity index (χ1n) is 8.13. The normalized spacial score (nSPS) is 11.7. The Morgan fingerprint density at radius 1 is 1.00 bits per heavy atom. The van der Waals surface area contributed by atoms with Crippen LogP contribution in [0.2, 0.25) is 0 Å². The van der Waals surface area contributed by atoms with Crippen LogP contribution in [0.1, 0.15) is 5.56 Å². The largest absolute Gasteiger partial charge is 0.316 e. The van der Waals surface area contributed by atoms with Crippen molar-refractivity contribution in [2.45, 2.75) is 11.4 Å². The number of rotatable bonds is 5. The lowest BCUT2D eigenvalue weighted by molar-refractivity contribution is 0.581. The molecular formula is C17H14N6O4S. The molecule has 0 fully saturated rings. The molecule has 3 N–H and O–H groups in total. The number of hydrogen-bond donors (Lipinski definition) is 3. The number of hydrogen-bond acceptors (Lipinski definition) is 6. The minimum Gasteiger partial charge on any atom is -0.316 e. The van der Waals surface area contributed by atoms with Crippen LogP contribution in [0.5, 0.6) is 0 Å². The predicted octanol–water partition coefficient (Wildman–Crippen LogP) is 0.276. The fourth-order valence-electron chi connectivity index (χ4n) is 2.62. The summed E-state index contributed by atoms with van der Waals surface area (Å²) < 4.78 is 29.3. The Balaban J connectivity index is 1.59. The first kappa shape index (κ1) is 17.8. The lowest BCUT2D eigenvalue weighted by Crippen LogP contribution is -2.29. The van der Waals surface area contributed by atoms with Gasteiger partial charge in [-0.05, 0) is 42.0 Å². The van der Waals surface area contributed by atoms with Gasteiger partial charge in [-0.1, -0.05) is 0 Å². The van der Waals surface area contributed by atoms with Gasteiger partial charge in [-0.3, -0.25) is 9.59 Å². The molecule has 0 unspecified atom stereocenters. The van der Waals surface area contributed by atoms with E-state index in [4.69, 9.17) is 0 Å².